The zero-order chi connectivity index (χ0) is 37.5. The van der Waals surface area contributed by atoms with Gasteiger partial charge in [-0.2, -0.15) is 15.0 Å². The van der Waals surface area contributed by atoms with E-state index in [2.05, 4.69) is 190 Å². The lowest BCUT2D eigenvalue weighted by atomic mass is 10.1. The van der Waals surface area contributed by atoms with Gasteiger partial charge in [-0.05, 0) is 53.6 Å². The molecule has 0 unspecified atom stereocenters. The molecule has 0 atom stereocenters. The number of benzene rings is 8. The van der Waals surface area contributed by atoms with Crippen LogP contribution in [0.4, 0.5) is 0 Å². The van der Waals surface area contributed by atoms with E-state index >= 15 is 0 Å². The fourth-order valence-corrected chi connectivity index (χ4v) is 8.83. The third kappa shape index (κ3) is 4.74. The van der Waals surface area contributed by atoms with E-state index in [1.54, 1.807) is 0 Å². The Labute approximate surface area is 327 Å². The van der Waals surface area contributed by atoms with Gasteiger partial charge in [-0.3, -0.25) is 9.13 Å². The van der Waals surface area contributed by atoms with Gasteiger partial charge in [0, 0.05) is 43.6 Å². The van der Waals surface area contributed by atoms with Gasteiger partial charge < -0.3 is 4.57 Å². The summed E-state index contributed by atoms with van der Waals surface area (Å²) in [6.07, 6.45) is 0. The third-order valence-electron chi connectivity index (χ3n) is 11.3. The Hall–Kier alpha value is -7.83. The van der Waals surface area contributed by atoms with Crippen molar-refractivity contribution in [3.63, 3.8) is 0 Å². The van der Waals surface area contributed by atoms with Gasteiger partial charge >= 0.3 is 0 Å². The molecule has 0 aliphatic carbocycles. The average molecular weight is 729 g/mol. The standard InChI is InChI=1S/C51H32N6/c1-3-15-33(16-4-1)34-27-29-36(30-28-34)55-42-23-11-9-21-39(42)40-31-32-46-47(48(40)55)41-22-10-14-26-45(41)57(46)51-53-49(35-17-5-2-6-18-35)52-50(54-51)56-43-24-12-7-19-37(43)38-20-8-13-25-44(38)56/h1-32H. The van der Waals surface area contributed by atoms with Gasteiger partial charge in [-0.1, -0.05) is 152 Å². The first-order valence-electron chi connectivity index (χ1n) is 19.2. The molecule has 0 aliphatic heterocycles. The van der Waals surface area contributed by atoms with Crippen molar-refractivity contribution >= 4 is 65.4 Å². The van der Waals surface area contributed by atoms with Crippen LogP contribution in [0.15, 0.2) is 194 Å². The van der Waals surface area contributed by atoms with Crippen LogP contribution in [0, 0.1) is 0 Å². The lowest BCUT2D eigenvalue weighted by molar-refractivity contribution is 0.893. The van der Waals surface area contributed by atoms with Crippen molar-refractivity contribution in [1.82, 2.24) is 28.7 Å². The van der Waals surface area contributed by atoms with Crippen molar-refractivity contribution < 1.29 is 0 Å². The smallest absolute Gasteiger partial charge is 0.240 e. The summed E-state index contributed by atoms with van der Waals surface area (Å²) < 4.78 is 6.81. The zero-order valence-electron chi connectivity index (χ0n) is 30.7. The molecule has 57 heavy (non-hydrogen) atoms. The van der Waals surface area contributed by atoms with Crippen LogP contribution in [0.2, 0.25) is 0 Å². The molecule has 0 fully saturated rings. The van der Waals surface area contributed by atoms with Gasteiger partial charge in [0.15, 0.2) is 5.82 Å². The predicted octanol–water partition coefficient (Wildman–Crippen LogP) is 12.5. The van der Waals surface area contributed by atoms with Crippen molar-refractivity contribution in [2.75, 3.05) is 0 Å². The second-order valence-corrected chi connectivity index (χ2v) is 14.5. The van der Waals surface area contributed by atoms with E-state index < -0.39 is 0 Å². The molecule has 0 aliphatic rings. The molecule has 12 aromatic rings. The lowest BCUT2D eigenvalue weighted by Crippen LogP contribution is -2.10. The maximum atomic E-state index is 5.38. The first kappa shape index (κ1) is 31.5. The summed E-state index contributed by atoms with van der Waals surface area (Å²) in [7, 11) is 0. The zero-order valence-corrected chi connectivity index (χ0v) is 30.7. The summed E-state index contributed by atoms with van der Waals surface area (Å²) in [5, 5.41) is 6.98. The summed E-state index contributed by atoms with van der Waals surface area (Å²) >= 11 is 0. The number of para-hydroxylation sites is 4. The van der Waals surface area contributed by atoms with E-state index in [0.29, 0.717) is 17.7 Å². The maximum Gasteiger partial charge on any atom is 0.240 e. The van der Waals surface area contributed by atoms with Crippen molar-refractivity contribution in [3.8, 4) is 40.1 Å². The molecule has 0 radical (unpaired) electrons. The number of rotatable bonds is 5. The van der Waals surface area contributed by atoms with Gasteiger partial charge in [0.1, 0.15) is 0 Å². The van der Waals surface area contributed by atoms with Gasteiger partial charge in [0.05, 0.1) is 33.1 Å². The number of nitrogens with zero attached hydrogens (tertiary/aromatic N) is 6. The Kier molecular flexibility index (Phi) is 6.83. The average Bonchev–Trinajstić information content (AvgIpc) is 3.93. The molecule has 8 aromatic carbocycles. The molecular formula is C51H32N6. The first-order chi connectivity index (χ1) is 28.3. The van der Waals surface area contributed by atoms with Gasteiger partial charge in [-0.25, -0.2) is 0 Å². The van der Waals surface area contributed by atoms with Gasteiger partial charge in [-0.15, -0.1) is 0 Å². The molecule has 0 saturated carbocycles. The Bertz CT molecular complexity index is 3450. The maximum absolute atomic E-state index is 5.38. The summed E-state index contributed by atoms with van der Waals surface area (Å²) in [4.78, 5) is 15.9. The Balaban J connectivity index is 1.17. The van der Waals surface area contributed by atoms with E-state index in [1.165, 1.54) is 21.9 Å². The number of hydrogen-bond donors (Lipinski definition) is 0. The highest BCUT2D eigenvalue weighted by atomic mass is 15.3. The second-order valence-electron chi connectivity index (χ2n) is 14.5. The summed E-state index contributed by atoms with van der Waals surface area (Å²) in [5.41, 5.74) is 10.8. The number of fused-ring (bicyclic) bond motifs is 10. The fourth-order valence-electron chi connectivity index (χ4n) is 8.83. The van der Waals surface area contributed by atoms with Crippen LogP contribution in [-0.2, 0) is 0 Å². The minimum atomic E-state index is 0.557. The molecule has 4 heterocycles. The van der Waals surface area contributed by atoms with Crippen LogP contribution in [0.5, 0.6) is 0 Å². The van der Waals surface area contributed by atoms with Crippen molar-refractivity contribution in [3.05, 3.63) is 194 Å². The van der Waals surface area contributed by atoms with Crippen LogP contribution in [0.3, 0.4) is 0 Å². The molecular weight excluding hydrogens is 697 g/mol. The normalized spacial score (nSPS) is 11.9. The summed E-state index contributed by atoms with van der Waals surface area (Å²) in [6.45, 7) is 0. The molecule has 0 N–H and O–H groups in total. The van der Waals surface area contributed by atoms with Crippen molar-refractivity contribution in [1.29, 1.82) is 0 Å². The van der Waals surface area contributed by atoms with Gasteiger partial charge in [0.2, 0.25) is 11.9 Å². The van der Waals surface area contributed by atoms with Gasteiger partial charge in [0.25, 0.3) is 0 Å². The van der Waals surface area contributed by atoms with E-state index in [4.69, 9.17) is 15.0 Å². The Morgan fingerprint density at radius 3 is 1.32 bits per heavy atom. The molecule has 0 amide bonds. The number of hydrogen-bond acceptors (Lipinski definition) is 3. The van der Waals surface area contributed by atoms with E-state index in [0.717, 1.165) is 65.9 Å². The Morgan fingerprint density at radius 1 is 0.281 bits per heavy atom. The van der Waals surface area contributed by atoms with Crippen LogP contribution in [-0.4, -0.2) is 28.7 Å². The summed E-state index contributed by atoms with van der Waals surface area (Å²) in [6, 6.07) is 68.4. The quantitative estimate of drug-likeness (QED) is 0.177. The van der Waals surface area contributed by atoms with E-state index in [1.807, 2.05) is 18.2 Å². The van der Waals surface area contributed by atoms with Crippen LogP contribution in [0.25, 0.3) is 106 Å². The predicted molar refractivity (Wildman–Crippen MR) is 234 cm³/mol. The van der Waals surface area contributed by atoms with Crippen LogP contribution < -0.4 is 0 Å². The largest absolute Gasteiger partial charge is 0.309 e. The highest BCUT2D eigenvalue weighted by Gasteiger charge is 2.24. The highest BCUT2D eigenvalue weighted by Crippen LogP contribution is 2.42. The topological polar surface area (TPSA) is 53.5 Å². The van der Waals surface area contributed by atoms with Crippen LogP contribution in [0.1, 0.15) is 0 Å². The minimum absolute atomic E-state index is 0.557. The lowest BCUT2D eigenvalue weighted by Gasteiger charge is -2.13. The van der Waals surface area contributed by atoms with E-state index in [9.17, 15) is 0 Å². The molecule has 6 nitrogen and oxygen atoms in total. The van der Waals surface area contributed by atoms with Crippen LogP contribution >= 0.6 is 0 Å². The SMILES string of the molecule is c1ccc(-c2ccc(-n3c4ccccc4c4ccc5c(c6ccccc6n5-c5nc(-c6ccccc6)nc(-n6c7ccccc7c7ccccc76)n5)c43)cc2)cc1. The highest BCUT2D eigenvalue weighted by molar-refractivity contribution is 6.26. The Morgan fingerprint density at radius 2 is 0.719 bits per heavy atom. The second kappa shape index (κ2) is 12.3. The monoisotopic (exact) mass is 728 g/mol. The van der Waals surface area contributed by atoms with E-state index in [-0.39, 0.29) is 0 Å². The number of aromatic nitrogens is 6. The molecule has 0 spiro atoms. The minimum Gasteiger partial charge on any atom is -0.309 e. The molecule has 266 valence electrons. The molecule has 0 bridgehead atoms. The first-order valence-corrected chi connectivity index (χ1v) is 19.2. The molecule has 12 rings (SSSR count). The van der Waals surface area contributed by atoms with Crippen molar-refractivity contribution in [2.45, 2.75) is 0 Å². The molecule has 0 saturated heterocycles. The third-order valence-corrected chi connectivity index (χ3v) is 11.3. The molecule has 4 aromatic heterocycles. The van der Waals surface area contributed by atoms with Crippen molar-refractivity contribution in [2.24, 2.45) is 0 Å². The fraction of sp³-hybridized carbons (Fsp3) is 0. The summed E-state index contributed by atoms with van der Waals surface area (Å²) in [5.74, 6) is 1.73. The molecule has 6 heteroatoms.